The van der Waals surface area contributed by atoms with Gasteiger partial charge in [0, 0.05) is 24.3 Å². The van der Waals surface area contributed by atoms with E-state index in [4.69, 9.17) is 0 Å². The molecule has 1 aromatic heterocycles. The molecule has 1 atom stereocenters. The summed E-state index contributed by atoms with van der Waals surface area (Å²) < 4.78 is 0. The van der Waals surface area contributed by atoms with E-state index in [1.807, 2.05) is 36.6 Å². The number of anilines is 2. The molecule has 2 aliphatic rings. The normalized spacial score (nSPS) is 18.0. The maximum Gasteiger partial charge on any atom is 0.277 e. The number of rotatable bonds is 2. The molecule has 0 radical (unpaired) electrons. The van der Waals surface area contributed by atoms with Crippen LogP contribution in [0.5, 0.6) is 0 Å². The molecule has 3 N–H and O–H groups in total. The summed E-state index contributed by atoms with van der Waals surface area (Å²) >= 11 is 1.36. The first-order valence-electron chi connectivity index (χ1n) is 8.92. The predicted molar refractivity (Wildman–Crippen MR) is 115 cm³/mol. The minimum Gasteiger partial charge on any atom is -0.612 e. The Bertz CT molecular complexity index is 1100. The minimum atomic E-state index is -0.433. The Morgan fingerprint density at radius 1 is 1.14 bits per heavy atom. The first-order valence-corrected chi connectivity index (χ1v) is 10.1. The van der Waals surface area contributed by atoms with E-state index in [2.05, 4.69) is 20.6 Å². The maximum atomic E-state index is 12.6. The van der Waals surface area contributed by atoms with E-state index in [0.717, 1.165) is 16.8 Å². The number of aromatic nitrogens is 2. The number of hydrogen-bond acceptors (Lipinski definition) is 7. The fourth-order valence-corrected chi connectivity index (χ4v) is 3.63. The van der Waals surface area contributed by atoms with Crippen molar-refractivity contribution in [1.29, 1.82) is 0 Å². The van der Waals surface area contributed by atoms with Crippen LogP contribution < -0.4 is 16.2 Å². The SMILES string of the molecule is CSc1nc2c(c(=O)[nH]1)NC(=C1C=CC(=[N+]([O-])[O-])C=C1)CC(c1ccccc1)N2. The van der Waals surface area contributed by atoms with Crippen molar-refractivity contribution in [3.05, 3.63) is 92.2 Å². The molecule has 8 nitrogen and oxygen atoms in total. The minimum absolute atomic E-state index is 0.0187. The molecular weight excluding hydrogens is 390 g/mol. The van der Waals surface area contributed by atoms with E-state index in [0.29, 0.717) is 23.1 Å². The van der Waals surface area contributed by atoms with Gasteiger partial charge in [0.05, 0.1) is 6.04 Å². The van der Waals surface area contributed by atoms with Crippen LogP contribution in [0.2, 0.25) is 0 Å². The standard InChI is InChI=1S/C20H18N5O3S/c1-29-20-23-18-17(19(26)24-20)21-15(13-7-9-14(10-8-13)25(27)28)11-16(22-18)12-5-3-2-4-6-12/h2-10,16,21H,11H2,1H3,(H2-,22,23,24,26,27,28)/q-1. The van der Waals surface area contributed by atoms with Crippen LogP contribution in [0.25, 0.3) is 0 Å². The quantitative estimate of drug-likeness (QED) is 0.302. The van der Waals surface area contributed by atoms with Crippen molar-refractivity contribution in [3.8, 4) is 0 Å². The van der Waals surface area contributed by atoms with E-state index in [9.17, 15) is 15.2 Å². The first-order chi connectivity index (χ1) is 14.0. The smallest absolute Gasteiger partial charge is 0.277 e. The third-order valence-corrected chi connectivity index (χ3v) is 5.29. The molecule has 0 spiro atoms. The van der Waals surface area contributed by atoms with Crippen molar-refractivity contribution in [2.45, 2.75) is 17.6 Å². The van der Waals surface area contributed by atoms with Crippen LogP contribution in [0, 0.1) is 10.4 Å². The molecule has 0 bridgehead atoms. The largest absolute Gasteiger partial charge is 0.612 e. The van der Waals surface area contributed by atoms with Gasteiger partial charge in [-0.15, -0.1) is 0 Å². The fraction of sp³-hybridized carbons (Fsp3) is 0.150. The van der Waals surface area contributed by atoms with Gasteiger partial charge in [-0.2, -0.15) is 4.90 Å². The lowest BCUT2D eigenvalue weighted by Crippen LogP contribution is -2.17. The van der Waals surface area contributed by atoms with Crippen LogP contribution in [0.3, 0.4) is 0 Å². The predicted octanol–water partition coefficient (Wildman–Crippen LogP) is 3.29. The summed E-state index contributed by atoms with van der Waals surface area (Å²) in [4.78, 5) is 19.5. The van der Waals surface area contributed by atoms with Gasteiger partial charge in [0.25, 0.3) is 5.56 Å². The summed E-state index contributed by atoms with van der Waals surface area (Å²) in [7, 11) is 0. The number of H-pyrrole nitrogens is 1. The monoisotopic (exact) mass is 408 g/mol. The van der Waals surface area contributed by atoms with Crippen LogP contribution in [-0.2, 0) is 0 Å². The molecule has 2 heterocycles. The fourth-order valence-electron chi connectivity index (χ4n) is 3.25. The first kappa shape index (κ1) is 18.9. The van der Waals surface area contributed by atoms with E-state index in [-0.39, 0.29) is 17.3 Å². The highest BCUT2D eigenvalue weighted by Gasteiger charge is 2.25. The van der Waals surface area contributed by atoms with Gasteiger partial charge >= 0.3 is 0 Å². The van der Waals surface area contributed by atoms with Crippen molar-refractivity contribution in [2.24, 2.45) is 0 Å². The van der Waals surface area contributed by atoms with E-state index in [1.165, 1.54) is 23.9 Å². The Morgan fingerprint density at radius 2 is 1.86 bits per heavy atom. The van der Waals surface area contributed by atoms with Gasteiger partial charge in [0.2, 0.25) is 5.71 Å². The van der Waals surface area contributed by atoms with Crippen LogP contribution in [0.4, 0.5) is 11.5 Å². The molecule has 1 aliphatic carbocycles. The number of nitrogens with zero attached hydrogens (tertiary/aromatic N) is 2. The van der Waals surface area contributed by atoms with Gasteiger partial charge in [-0.25, -0.2) is 4.98 Å². The van der Waals surface area contributed by atoms with Crippen LogP contribution in [-0.4, -0.2) is 26.8 Å². The molecule has 0 fully saturated rings. The van der Waals surface area contributed by atoms with Crippen LogP contribution in [0.1, 0.15) is 18.0 Å². The van der Waals surface area contributed by atoms with Gasteiger partial charge in [0.15, 0.2) is 11.0 Å². The molecular formula is C20H18N5O3S-. The molecule has 29 heavy (non-hydrogen) atoms. The van der Waals surface area contributed by atoms with Crippen molar-refractivity contribution in [1.82, 2.24) is 9.97 Å². The second kappa shape index (κ2) is 7.88. The van der Waals surface area contributed by atoms with Crippen molar-refractivity contribution < 1.29 is 4.90 Å². The van der Waals surface area contributed by atoms with Crippen molar-refractivity contribution in [3.63, 3.8) is 0 Å². The Labute approximate surface area is 170 Å². The summed E-state index contributed by atoms with van der Waals surface area (Å²) in [5.41, 5.74) is 2.68. The van der Waals surface area contributed by atoms with Gasteiger partial charge in [-0.3, -0.25) is 9.78 Å². The Balaban J connectivity index is 1.83. The molecule has 4 rings (SSSR count). The Morgan fingerprint density at radius 3 is 2.52 bits per heavy atom. The van der Waals surface area contributed by atoms with Crippen molar-refractivity contribution in [2.75, 3.05) is 16.9 Å². The second-order valence-electron chi connectivity index (χ2n) is 6.52. The molecule has 9 heteroatoms. The molecule has 1 aliphatic heterocycles. The summed E-state index contributed by atoms with van der Waals surface area (Å²) in [6.07, 6.45) is 8.68. The van der Waals surface area contributed by atoms with Gasteiger partial charge in [-0.05, 0) is 29.5 Å². The zero-order chi connectivity index (χ0) is 20.4. The average Bonchev–Trinajstić information content (AvgIpc) is 2.94. The van der Waals surface area contributed by atoms with Crippen LogP contribution >= 0.6 is 11.8 Å². The summed E-state index contributed by atoms with van der Waals surface area (Å²) in [6, 6.07) is 9.76. The number of thioether (sulfide) groups is 1. The van der Waals surface area contributed by atoms with Crippen LogP contribution in [0.15, 0.2) is 75.9 Å². The summed E-state index contributed by atoms with van der Waals surface area (Å²) in [5.74, 6) is 0.476. The van der Waals surface area contributed by atoms with Gasteiger partial charge in [0.1, 0.15) is 5.69 Å². The zero-order valence-electron chi connectivity index (χ0n) is 15.5. The Kier molecular flexibility index (Phi) is 5.13. The molecule has 1 unspecified atom stereocenters. The zero-order valence-corrected chi connectivity index (χ0v) is 16.3. The third kappa shape index (κ3) is 3.90. The number of benzene rings is 1. The topological polar surface area (TPSA) is 119 Å². The number of fused-ring (bicyclic) bond motifs is 1. The van der Waals surface area contributed by atoms with E-state index < -0.39 is 4.90 Å². The number of allylic oxidation sites excluding steroid dienone is 5. The van der Waals surface area contributed by atoms with Crippen molar-refractivity contribution >= 4 is 29.0 Å². The number of nitrogens with one attached hydrogen (secondary N) is 3. The second-order valence-corrected chi connectivity index (χ2v) is 7.31. The molecule has 2 aromatic rings. The lowest BCUT2D eigenvalue weighted by atomic mass is 9.98. The summed E-state index contributed by atoms with van der Waals surface area (Å²) in [6.45, 7) is 0. The highest BCUT2D eigenvalue weighted by Crippen LogP contribution is 2.34. The maximum absolute atomic E-state index is 12.6. The molecule has 0 saturated carbocycles. The van der Waals surface area contributed by atoms with E-state index in [1.54, 1.807) is 12.2 Å². The number of aromatic amines is 1. The van der Waals surface area contributed by atoms with Gasteiger partial charge in [-0.1, -0.05) is 42.1 Å². The lowest BCUT2D eigenvalue weighted by molar-refractivity contribution is -0.377. The van der Waals surface area contributed by atoms with Gasteiger partial charge < -0.3 is 21.0 Å². The highest BCUT2D eigenvalue weighted by molar-refractivity contribution is 7.98. The average molecular weight is 408 g/mol. The highest BCUT2D eigenvalue weighted by atomic mass is 32.2. The Hall–Kier alpha value is -3.46. The van der Waals surface area contributed by atoms with E-state index >= 15 is 0 Å². The third-order valence-electron chi connectivity index (χ3n) is 4.71. The lowest BCUT2D eigenvalue weighted by Gasteiger charge is -2.19. The molecule has 0 saturated heterocycles. The summed E-state index contributed by atoms with van der Waals surface area (Å²) in [5, 5.41) is 29.1. The molecule has 0 amide bonds. The number of hydrogen-bond donors (Lipinski definition) is 3. The molecule has 148 valence electrons. The molecule has 1 aromatic carbocycles.